The fourth-order valence-corrected chi connectivity index (χ4v) is 1.43. The second-order valence-corrected chi connectivity index (χ2v) is 3.22. The molecule has 0 unspecified atom stereocenters. The number of thiol groups is 1. The van der Waals surface area contributed by atoms with Gasteiger partial charge in [0, 0.05) is 6.42 Å². The van der Waals surface area contributed by atoms with Gasteiger partial charge in [-0.05, 0) is 24.0 Å². The summed E-state index contributed by atoms with van der Waals surface area (Å²) in [6, 6.07) is 0. The van der Waals surface area contributed by atoms with E-state index in [2.05, 4.69) is 19.2 Å². The highest BCUT2D eigenvalue weighted by molar-refractivity contribution is 7.80. The third kappa shape index (κ3) is 1.65. The first-order valence-electron chi connectivity index (χ1n) is 3.16. The fraction of sp³-hybridized carbons (Fsp3) is 0.714. The summed E-state index contributed by atoms with van der Waals surface area (Å²) in [5.74, 6) is 1.19. The van der Waals surface area contributed by atoms with Crippen molar-refractivity contribution >= 4 is 12.6 Å². The Bertz CT molecular complexity index is 127. The summed E-state index contributed by atoms with van der Waals surface area (Å²) < 4.78 is 0. The quantitative estimate of drug-likeness (QED) is 0.459. The number of hydrogen-bond donors (Lipinski definition) is 2. The molecule has 0 atom stereocenters. The van der Waals surface area contributed by atoms with Gasteiger partial charge in [-0.25, -0.2) is 0 Å². The predicted molar refractivity (Wildman–Crippen MR) is 41.9 cm³/mol. The van der Waals surface area contributed by atoms with Crippen LogP contribution >= 0.6 is 12.6 Å². The van der Waals surface area contributed by atoms with Crippen LogP contribution in [0.1, 0.15) is 19.3 Å². The van der Waals surface area contributed by atoms with E-state index in [1.165, 1.54) is 12.8 Å². The predicted octanol–water partition coefficient (Wildman–Crippen LogP) is 2.16. The van der Waals surface area contributed by atoms with Crippen LogP contribution in [0.5, 0.6) is 0 Å². The molecule has 52 valence electrons. The molecule has 0 radical (unpaired) electrons. The molecule has 1 aliphatic rings. The number of rotatable bonds is 3. The summed E-state index contributed by atoms with van der Waals surface area (Å²) in [4.78, 5) is 0. The summed E-state index contributed by atoms with van der Waals surface area (Å²) in [5, 5.41) is 8.83. The van der Waals surface area contributed by atoms with Crippen LogP contribution in [-0.2, 0) is 0 Å². The van der Waals surface area contributed by atoms with Crippen LogP contribution in [0.15, 0.2) is 12.3 Å². The Balaban J connectivity index is 2.33. The number of aliphatic hydroxyl groups is 1. The molecule has 0 saturated heterocycles. The van der Waals surface area contributed by atoms with Crippen molar-refractivity contribution in [1.29, 1.82) is 0 Å². The van der Waals surface area contributed by atoms with E-state index in [4.69, 9.17) is 5.11 Å². The van der Waals surface area contributed by atoms with E-state index in [9.17, 15) is 0 Å². The van der Waals surface area contributed by atoms with E-state index in [0.717, 1.165) is 12.2 Å². The van der Waals surface area contributed by atoms with Crippen molar-refractivity contribution in [3.8, 4) is 0 Å². The molecule has 1 nitrogen and oxygen atoms in total. The van der Waals surface area contributed by atoms with E-state index < -0.39 is 0 Å². The molecule has 0 aromatic carbocycles. The monoisotopic (exact) mass is 144 g/mol. The lowest BCUT2D eigenvalue weighted by atomic mass is 10.1. The molecule has 0 aromatic rings. The minimum atomic E-state index is 0.307. The topological polar surface area (TPSA) is 20.2 Å². The maximum Gasteiger partial charge on any atom is 0.0856 e. The van der Waals surface area contributed by atoms with Crippen molar-refractivity contribution in [2.75, 3.05) is 5.75 Å². The molecule has 1 N–H and O–H groups in total. The molecule has 2 heteroatoms. The van der Waals surface area contributed by atoms with Crippen molar-refractivity contribution in [2.24, 2.45) is 5.41 Å². The van der Waals surface area contributed by atoms with E-state index in [1.807, 2.05) is 0 Å². The van der Waals surface area contributed by atoms with Crippen LogP contribution in [0.4, 0.5) is 0 Å². The second kappa shape index (κ2) is 2.25. The smallest absolute Gasteiger partial charge is 0.0856 e. The zero-order chi connectivity index (χ0) is 6.91. The first kappa shape index (κ1) is 7.00. The standard InChI is InChI=1S/C7H12OS/c1-6(8)4-7(5-9)2-3-7/h8-9H,1-5H2. The van der Waals surface area contributed by atoms with Crippen molar-refractivity contribution in [3.63, 3.8) is 0 Å². The molecule has 0 aliphatic heterocycles. The zero-order valence-electron chi connectivity index (χ0n) is 5.43. The third-order valence-electron chi connectivity index (χ3n) is 1.87. The lowest BCUT2D eigenvalue weighted by Crippen LogP contribution is -2.02. The maximum absolute atomic E-state index is 8.83. The van der Waals surface area contributed by atoms with Crippen LogP contribution in [0.2, 0.25) is 0 Å². The Morgan fingerprint density at radius 1 is 1.67 bits per heavy atom. The highest BCUT2D eigenvalue weighted by Gasteiger charge is 2.41. The Morgan fingerprint density at radius 3 is 2.33 bits per heavy atom. The average molecular weight is 144 g/mol. The molecule has 0 heterocycles. The molecule has 1 saturated carbocycles. The Hall–Kier alpha value is -0.110. The van der Waals surface area contributed by atoms with E-state index >= 15 is 0 Å². The summed E-state index contributed by atoms with van der Waals surface area (Å²) in [6.07, 6.45) is 3.16. The van der Waals surface area contributed by atoms with E-state index in [-0.39, 0.29) is 0 Å². The molecule has 0 bridgehead atoms. The van der Waals surface area contributed by atoms with Gasteiger partial charge in [0.15, 0.2) is 0 Å². The summed E-state index contributed by atoms with van der Waals surface area (Å²) in [7, 11) is 0. The van der Waals surface area contributed by atoms with Gasteiger partial charge in [-0.2, -0.15) is 12.6 Å². The maximum atomic E-state index is 8.83. The minimum Gasteiger partial charge on any atom is -0.513 e. The summed E-state index contributed by atoms with van der Waals surface area (Å²) >= 11 is 4.19. The van der Waals surface area contributed by atoms with Crippen LogP contribution in [0, 0.1) is 5.41 Å². The van der Waals surface area contributed by atoms with E-state index in [0.29, 0.717) is 11.2 Å². The molecule has 1 aliphatic carbocycles. The first-order chi connectivity index (χ1) is 4.18. The summed E-state index contributed by atoms with van der Waals surface area (Å²) in [5.41, 5.74) is 0.328. The van der Waals surface area contributed by atoms with Crippen molar-refractivity contribution < 1.29 is 5.11 Å². The molecular formula is C7H12OS. The highest BCUT2D eigenvalue weighted by atomic mass is 32.1. The summed E-state index contributed by atoms with van der Waals surface area (Å²) in [6.45, 7) is 3.45. The van der Waals surface area contributed by atoms with Gasteiger partial charge >= 0.3 is 0 Å². The number of hydrogen-bond acceptors (Lipinski definition) is 2. The van der Waals surface area contributed by atoms with Crippen molar-refractivity contribution in [1.82, 2.24) is 0 Å². The van der Waals surface area contributed by atoms with Crippen molar-refractivity contribution in [3.05, 3.63) is 12.3 Å². The second-order valence-electron chi connectivity index (χ2n) is 2.90. The number of aliphatic hydroxyl groups excluding tert-OH is 1. The average Bonchev–Trinajstić information content (AvgIpc) is 2.48. The highest BCUT2D eigenvalue weighted by Crippen LogP contribution is 2.50. The van der Waals surface area contributed by atoms with Crippen LogP contribution in [-0.4, -0.2) is 10.9 Å². The minimum absolute atomic E-state index is 0.307. The SMILES string of the molecule is C=C(O)CC1(CS)CC1. The van der Waals surface area contributed by atoms with Gasteiger partial charge in [-0.1, -0.05) is 6.58 Å². The van der Waals surface area contributed by atoms with E-state index in [1.54, 1.807) is 0 Å². The van der Waals surface area contributed by atoms with Crippen molar-refractivity contribution in [2.45, 2.75) is 19.3 Å². The zero-order valence-corrected chi connectivity index (χ0v) is 6.32. The third-order valence-corrected chi connectivity index (χ3v) is 2.54. The van der Waals surface area contributed by atoms with Crippen LogP contribution < -0.4 is 0 Å². The molecule has 9 heavy (non-hydrogen) atoms. The van der Waals surface area contributed by atoms with Gasteiger partial charge in [0.1, 0.15) is 0 Å². The van der Waals surface area contributed by atoms with Gasteiger partial charge in [0.25, 0.3) is 0 Å². The van der Waals surface area contributed by atoms with Gasteiger partial charge < -0.3 is 5.11 Å². The normalized spacial score (nSPS) is 21.4. The Kier molecular flexibility index (Phi) is 1.75. The Morgan fingerprint density at radius 2 is 2.22 bits per heavy atom. The molecule has 0 aromatic heterocycles. The van der Waals surface area contributed by atoms with Gasteiger partial charge in [0.05, 0.1) is 5.76 Å². The van der Waals surface area contributed by atoms with Gasteiger partial charge in [-0.3, -0.25) is 0 Å². The fourth-order valence-electron chi connectivity index (χ4n) is 1.00. The van der Waals surface area contributed by atoms with Crippen LogP contribution in [0.3, 0.4) is 0 Å². The Labute approximate surface area is 61.2 Å². The lowest BCUT2D eigenvalue weighted by Gasteiger charge is -2.08. The molecule has 0 spiro atoms. The van der Waals surface area contributed by atoms with Gasteiger partial charge in [0.2, 0.25) is 0 Å². The lowest BCUT2D eigenvalue weighted by molar-refractivity contribution is 0.355. The van der Waals surface area contributed by atoms with Gasteiger partial charge in [-0.15, -0.1) is 0 Å². The molecule has 1 rings (SSSR count). The van der Waals surface area contributed by atoms with Crippen LogP contribution in [0.25, 0.3) is 0 Å². The first-order valence-corrected chi connectivity index (χ1v) is 3.79. The largest absolute Gasteiger partial charge is 0.513 e. The number of allylic oxidation sites excluding steroid dienone is 1. The molecule has 1 fully saturated rings. The molecule has 0 amide bonds. The molecular weight excluding hydrogens is 132 g/mol.